The first kappa shape index (κ1) is 12.3. The lowest BCUT2D eigenvalue weighted by Gasteiger charge is -2.20. The van der Waals surface area contributed by atoms with E-state index < -0.39 is 0 Å². The summed E-state index contributed by atoms with van der Waals surface area (Å²) in [5, 5.41) is 3.38. The van der Waals surface area contributed by atoms with Gasteiger partial charge in [-0.15, -0.1) is 0 Å². The van der Waals surface area contributed by atoms with Crippen molar-refractivity contribution in [3.63, 3.8) is 0 Å². The lowest BCUT2D eigenvalue weighted by Crippen LogP contribution is -2.18. The van der Waals surface area contributed by atoms with Gasteiger partial charge in [0.1, 0.15) is 0 Å². The molecule has 0 aliphatic heterocycles. The normalized spacial score (nSPS) is 12.4. The number of hydrogen-bond donors (Lipinski definition) is 1. The van der Waals surface area contributed by atoms with E-state index in [0.29, 0.717) is 0 Å². The monoisotopic (exact) mass is 289 g/mol. The topological polar surface area (TPSA) is 12.0 Å². The van der Waals surface area contributed by atoms with Crippen molar-refractivity contribution in [2.24, 2.45) is 0 Å². The van der Waals surface area contributed by atoms with Gasteiger partial charge in [-0.2, -0.15) is 0 Å². The molecule has 0 aliphatic rings. The Morgan fingerprint density at radius 1 is 1.00 bits per heavy atom. The van der Waals surface area contributed by atoms with Crippen molar-refractivity contribution in [2.75, 3.05) is 7.05 Å². The minimum atomic E-state index is 0.244. The van der Waals surface area contributed by atoms with Gasteiger partial charge < -0.3 is 5.32 Å². The predicted molar refractivity (Wildman–Crippen MR) is 76.2 cm³/mol. The van der Waals surface area contributed by atoms with Crippen molar-refractivity contribution >= 4 is 15.9 Å². The van der Waals surface area contributed by atoms with Crippen molar-refractivity contribution in [2.45, 2.75) is 13.0 Å². The molecule has 17 heavy (non-hydrogen) atoms. The fourth-order valence-electron chi connectivity index (χ4n) is 2.08. The molecule has 0 aliphatic carbocycles. The molecule has 0 radical (unpaired) electrons. The van der Waals surface area contributed by atoms with Crippen LogP contribution in [0.25, 0.3) is 0 Å². The van der Waals surface area contributed by atoms with E-state index in [2.05, 4.69) is 70.6 Å². The average molecular weight is 290 g/mol. The largest absolute Gasteiger partial charge is 0.309 e. The number of benzene rings is 2. The molecule has 0 fully saturated rings. The van der Waals surface area contributed by atoms with Crippen molar-refractivity contribution in [1.82, 2.24) is 5.32 Å². The Hall–Kier alpha value is -1.12. The molecule has 0 spiro atoms. The molecule has 1 unspecified atom stereocenters. The number of rotatable bonds is 3. The standard InChI is InChI=1S/C15H16BrN/c1-11-13(9-6-10-14(11)16)15(17-2)12-7-4-3-5-8-12/h3-10,15,17H,1-2H3. The summed E-state index contributed by atoms with van der Waals surface area (Å²) in [6.45, 7) is 2.15. The van der Waals surface area contributed by atoms with E-state index in [1.54, 1.807) is 0 Å². The maximum Gasteiger partial charge on any atom is 0.0577 e. The summed E-state index contributed by atoms with van der Waals surface area (Å²) in [5.74, 6) is 0. The lowest BCUT2D eigenvalue weighted by atomic mass is 9.95. The predicted octanol–water partition coefficient (Wildman–Crippen LogP) is 4.07. The fourth-order valence-corrected chi connectivity index (χ4v) is 2.47. The second kappa shape index (κ2) is 5.48. The maximum absolute atomic E-state index is 3.59. The van der Waals surface area contributed by atoms with E-state index in [9.17, 15) is 0 Å². The third-order valence-electron chi connectivity index (χ3n) is 3.04. The summed E-state index contributed by atoms with van der Waals surface area (Å²) in [7, 11) is 2.00. The molecule has 0 aromatic heterocycles. The fraction of sp³-hybridized carbons (Fsp3) is 0.200. The molecule has 1 N–H and O–H groups in total. The molecule has 88 valence electrons. The summed E-state index contributed by atoms with van der Waals surface area (Å²) in [6.07, 6.45) is 0. The van der Waals surface area contributed by atoms with Gasteiger partial charge in [-0.05, 0) is 36.7 Å². The van der Waals surface area contributed by atoms with Gasteiger partial charge in [0.2, 0.25) is 0 Å². The molecular formula is C15H16BrN. The van der Waals surface area contributed by atoms with Crippen LogP contribution in [0.1, 0.15) is 22.7 Å². The van der Waals surface area contributed by atoms with Gasteiger partial charge >= 0.3 is 0 Å². The first-order valence-electron chi connectivity index (χ1n) is 5.71. The SMILES string of the molecule is CNC(c1ccccc1)c1cccc(Br)c1C. The number of hydrogen-bond acceptors (Lipinski definition) is 1. The highest BCUT2D eigenvalue weighted by Gasteiger charge is 2.14. The number of nitrogens with one attached hydrogen (secondary N) is 1. The average Bonchev–Trinajstić information content (AvgIpc) is 2.37. The van der Waals surface area contributed by atoms with Gasteiger partial charge in [-0.1, -0.05) is 58.4 Å². The van der Waals surface area contributed by atoms with E-state index in [1.165, 1.54) is 16.7 Å². The van der Waals surface area contributed by atoms with Gasteiger partial charge in [0.05, 0.1) is 6.04 Å². The first-order chi connectivity index (χ1) is 8.24. The van der Waals surface area contributed by atoms with Crippen molar-refractivity contribution in [1.29, 1.82) is 0 Å². The molecular weight excluding hydrogens is 274 g/mol. The molecule has 0 saturated carbocycles. The highest BCUT2D eigenvalue weighted by Crippen LogP contribution is 2.28. The van der Waals surface area contributed by atoms with Crippen LogP contribution in [0, 0.1) is 6.92 Å². The molecule has 0 heterocycles. The molecule has 0 amide bonds. The van der Waals surface area contributed by atoms with Gasteiger partial charge in [-0.3, -0.25) is 0 Å². The van der Waals surface area contributed by atoms with E-state index in [-0.39, 0.29) is 6.04 Å². The van der Waals surface area contributed by atoms with Crippen LogP contribution in [0.2, 0.25) is 0 Å². The van der Waals surface area contributed by atoms with Gasteiger partial charge in [0, 0.05) is 4.47 Å². The molecule has 1 nitrogen and oxygen atoms in total. The van der Waals surface area contributed by atoms with Gasteiger partial charge in [0.25, 0.3) is 0 Å². The Labute approximate surface area is 111 Å². The molecule has 2 aromatic carbocycles. The van der Waals surface area contributed by atoms with Crippen LogP contribution in [0.15, 0.2) is 53.0 Å². The van der Waals surface area contributed by atoms with Crippen LogP contribution in [0.3, 0.4) is 0 Å². The first-order valence-corrected chi connectivity index (χ1v) is 6.50. The van der Waals surface area contributed by atoms with E-state index >= 15 is 0 Å². The van der Waals surface area contributed by atoms with Crippen LogP contribution in [0.4, 0.5) is 0 Å². The van der Waals surface area contributed by atoms with E-state index in [0.717, 1.165) is 4.47 Å². The summed E-state index contributed by atoms with van der Waals surface area (Å²) < 4.78 is 1.16. The van der Waals surface area contributed by atoms with Crippen molar-refractivity contribution in [3.05, 3.63) is 69.7 Å². The Morgan fingerprint density at radius 3 is 2.35 bits per heavy atom. The third-order valence-corrected chi connectivity index (χ3v) is 3.90. The van der Waals surface area contributed by atoms with E-state index in [1.807, 2.05) is 13.1 Å². The second-order valence-corrected chi connectivity index (χ2v) is 4.94. The highest BCUT2D eigenvalue weighted by molar-refractivity contribution is 9.10. The summed E-state index contributed by atoms with van der Waals surface area (Å²) in [4.78, 5) is 0. The Morgan fingerprint density at radius 2 is 1.71 bits per heavy atom. The van der Waals surface area contributed by atoms with Crippen LogP contribution in [-0.4, -0.2) is 7.05 Å². The molecule has 2 rings (SSSR count). The lowest BCUT2D eigenvalue weighted by molar-refractivity contribution is 0.687. The molecule has 2 aromatic rings. The zero-order valence-corrected chi connectivity index (χ0v) is 11.7. The molecule has 0 bridgehead atoms. The quantitative estimate of drug-likeness (QED) is 0.898. The Kier molecular flexibility index (Phi) is 3.97. The van der Waals surface area contributed by atoms with Crippen molar-refractivity contribution < 1.29 is 0 Å². The Bertz CT molecular complexity index is 494. The Balaban J connectivity index is 2.46. The third kappa shape index (κ3) is 2.59. The number of halogens is 1. The maximum atomic E-state index is 3.59. The highest BCUT2D eigenvalue weighted by atomic mass is 79.9. The van der Waals surface area contributed by atoms with Crippen LogP contribution in [-0.2, 0) is 0 Å². The minimum absolute atomic E-state index is 0.244. The zero-order valence-electron chi connectivity index (χ0n) is 10.1. The van der Waals surface area contributed by atoms with E-state index in [4.69, 9.17) is 0 Å². The van der Waals surface area contributed by atoms with Crippen molar-refractivity contribution in [3.8, 4) is 0 Å². The summed E-state index contributed by atoms with van der Waals surface area (Å²) in [6, 6.07) is 17.1. The van der Waals surface area contributed by atoms with Crippen LogP contribution < -0.4 is 5.32 Å². The minimum Gasteiger partial charge on any atom is -0.309 e. The smallest absolute Gasteiger partial charge is 0.0577 e. The second-order valence-electron chi connectivity index (χ2n) is 4.09. The molecule has 0 saturated heterocycles. The van der Waals surface area contributed by atoms with Crippen LogP contribution >= 0.6 is 15.9 Å². The van der Waals surface area contributed by atoms with Gasteiger partial charge in [0.15, 0.2) is 0 Å². The van der Waals surface area contributed by atoms with Gasteiger partial charge in [-0.25, -0.2) is 0 Å². The molecule has 2 heteroatoms. The molecule has 1 atom stereocenters. The zero-order chi connectivity index (χ0) is 12.3. The summed E-state index contributed by atoms with van der Waals surface area (Å²) in [5.41, 5.74) is 3.89. The summed E-state index contributed by atoms with van der Waals surface area (Å²) >= 11 is 3.59. The van der Waals surface area contributed by atoms with Crippen LogP contribution in [0.5, 0.6) is 0 Å².